The average molecular weight is 317 g/mol. The van der Waals surface area contributed by atoms with Crippen molar-refractivity contribution in [1.29, 1.82) is 0 Å². The van der Waals surface area contributed by atoms with Crippen LogP contribution in [-0.4, -0.2) is 40.0 Å². The zero-order valence-corrected chi connectivity index (χ0v) is 13.7. The van der Waals surface area contributed by atoms with E-state index in [1.54, 1.807) is 4.68 Å². The molecule has 0 aliphatic heterocycles. The van der Waals surface area contributed by atoms with Crippen LogP contribution in [0.1, 0.15) is 17.0 Å². The maximum atomic E-state index is 11.8. The second-order valence-corrected chi connectivity index (χ2v) is 5.56. The molecule has 6 heteroatoms. The van der Waals surface area contributed by atoms with Crippen molar-refractivity contribution in [3.05, 3.63) is 47.3 Å². The maximum Gasteiger partial charge on any atom is 0.258 e. The van der Waals surface area contributed by atoms with Gasteiger partial charge in [0.05, 0.1) is 11.8 Å². The summed E-state index contributed by atoms with van der Waals surface area (Å²) in [7, 11) is 1.83. The van der Waals surface area contributed by atoms with E-state index in [9.17, 15) is 9.90 Å². The molecule has 0 saturated carbocycles. The summed E-state index contributed by atoms with van der Waals surface area (Å²) < 4.78 is 7.24. The number of nitrogens with one attached hydrogen (secondary N) is 1. The molecule has 0 spiro atoms. The van der Waals surface area contributed by atoms with Gasteiger partial charge in [-0.3, -0.25) is 9.48 Å². The lowest BCUT2D eigenvalue weighted by molar-refractivity contribution is -0.123. The Kier molecular flexibility index (Phi) is 5.76. The first-order valence-electron chi connectivity index (χ1n) is 7.59. The van der Waals surface area contributed by atoms with Gasteiger partial charge in [0.15, 0.2) is 12.4 Å². The third kappa shape index (κ3) is 4.82. The second-order valence-electron chi connectivity index (χ2n) is 5.56. The van der Waals surface area contributed by atoms with Gasteiger partial charge in [0.1, 0.15) is 5.69 Å². The Bertz CT molecular complexity index is 653. The van der Waals surface area contributed by atoms with Crippen molar-refractivity contribution < 1.29 is 14.6 Å². The number of carbonyl (C=O) groups excluding carboxylic acids is 1. The third-order valence-electron chi connectivity index (χ3n) is 3.64. The Morgan fingerprint density at radius 3 is 2.65 bits per heavy atom. The zero-order valence-electron chi connectivity index (χ0n) is 13.7. The van der Waals surface area contributed by atoms with Crippen LogP contribution in [-0.2, 0) is 18.3 Å². The predicted octanol–water partition coefficient (Wildman–Crippen LogP) is 1.14. The largest absolute Gasteiger partial charge is 0.480 e. The molecule has 2 rings (SSSR count). The first kappa shape index (κ1) is 17.0. The van der Waals surface area contributed by atoms with Crippen LogP contribution in [0.5, 0.6) is 5.75 Å². The zero-order chi connectivity index (χ0) is 16.8. The van der Waals surface area contributed by atoms with Gasteiger partial charge in [-0.05, 0) is 19.4 Å². The van der Waals surface area contributed by atoms with Crippen molar-refractivity contribution in [2.24, 2.45) is 7.05 Å². The van der Waals surface area contributed by atoms with Crippen molar-refractivity contribution in [2.75, 3.05) is 13.2 Å². The predicted molar refractivity (Wildman–Crippen MR) is 87.3 cm³/mol. The van der Waals surface area contributed by atoms with Crippen LogP contribution in [0, 0.1) is 13.8 Å². The summed E-state index contributed by atoms with van der Waals surface area (Å²) in [5.74, 6) is 0.368. The Labute approximate surface area is 136 Å². The first-order chi connectivity index (χ1) is 11.0. The molecule has 1 aromatic heterocycles. The van der Waals surface area contributed by atoms with Gasteiger partial charge in [0, 0.05) is 20.0 Å². The van der Waals surface area contributed by atoms with Crippen molar-refractivity contribution in [3.63, 3.8) is 0 Å². The summed E-state index contributed by atoms with van der Waals surface area (Å²) in [5, 5.41) is 16.9. The smallest absolute Gasteiger partial charge is 0.258 e. The number of nitrogens with zero attached hydrogens (tertiary/aromatic N) is 2. The molecule has 0 unspecified atom stereocenters. The molecular weight excluding hydrogens is 294 g/mol. The number of carbonyl (C=O) groups is 1. The Hall–Kier alpha value is -2.34. The van der Waals surface area contributed by atoms with Gasteiger partial charge in [-0.25, -0.2) is 0 Å². The SMILES string of the molecule is Cc1nn(C)c(C)c1OCC(=O)NC[C@H](O)Cc1ccccc1. The highest BCUT2D eigenvalue weighted by molar-refractivity contribution is 5.77. The molecule has 1 aromatic carbocycles. The molecule has 0 radical (unpaired) electrons. The number of aryl methyl sites for hydroxylation is 2. The summed E-state index contributed by atoms with van der Waals surface area (Å²) >= 11 is 0. The summed E-state index contributed by atoms with van der Waals surface area (Å²) in [4.78, 5) is 11.8. The number of benzene rings is 1. The van der Waals surface area contributed by atoms with Crippen LogP contribution in [0.25, 0.3) is 0 Å². The fraction of sp³-hybridized carbons (Fsp3) is 0.412. The van der Waals surface area contributed by atoms with Crippen LogP contribution in [0.4, 0.5) is 0 Å². The Morgan fingerprint density at radius 1 is 1.35 bits per heavy atom. The highest BCUT2D eigenvalue weighted by Crippen LogP contribution is 2.20. The van der Waals surface area contributed by atoms with Gasteiger partial charge in [-0.1, -0.05) is 30.3 Å². The fourth-order valence-electron chi connectivity index (χ4n) is 2.34. The molecule has 23 heavy (non-hydrogen) atoms. The van der Waals surface area contributed by atoms with E-state index in [2.05, 4.69) is 10.4 Å². The number of hydrogen-bond donors (Lipinski definition) is 2. The molecule has 1 atom stereocenters. The molecule has 0 aliphatic carbocycles. The number of aliphatic hydroxyl groups excluding tert-OH is 1. The lowest BCUT2D eigenvalue weighted by Crippen LogP contribution is -2.36. The number of rotatable bonds is 7. The van der Waals surface area contributed by atoms with Gasteiger partial charge in [0.2, 0.25) is 0 Å². The highest BCUT2D eigenvalue weighted by atomic mass is 16.5. The molecule has 2 aromatic rings. The van der Waals surface area contributed by atoms with E-state index in [0.29, 0.717) is 12.2 Å². The van der Waals surface area contributed by atoms with Gasteiger partial charge < -0.3 is 15.2 Å². The molecule has 1 amide bonds. The summed E-state index contributed by atoms with van der Waals surface area (Å²) in [6.07, 6.45) is -0.119. The van der Waals surface area contributed by atoms with Crippen LogP contribution in [0.15, 0.2) is 30.3 Å². The van der Waals surface area contributed by atoms with E-state index in [-0.39, 0.29) is 19.1 Å². The summed E-state index contributed by atoms with van der Waals surface area (Å²) in [5.41, 5.74) is 2.66. The normalized spacial score (nSPS) is 12.0. The Balaban J connectivity index is 1.74. The van der Waals surface area contributed by atoms with Gasteiger partial charge in [-0.2, -0.15) is 5.10 Å². The van der Waals surface area contributed by atoms with Gasteiger partial charge in [-0.15, -0.1) is 0 Å². The number of aromatic nitrogens is 2. The molecule has 6 nitrogen and oxygen atoms in total. The molecule has 2 N–H and O–H groups in total. The topological polar surface area (TPSA) is 76.4 Å². The van der Waals surface area contributed by atoms with Crippen molar-refractivity contribution in [1.82, 2.24) is 15.1 Å². The average Bonchev–Trinajstić information content (AvgIpc) is 2.77. The molecule has 0 bridgehead atoms. The molecule has 0 fully saturated rings. The number of aliphatic hydroxyl groups is 1. The molecule has 1 heterocycles. The van der Waals surface area contributed by atoms with E-state index >= 15 is 0 Å². The monoisotopic (exact) mass is 317 g/mol. The number of amides is 1. The third-order valence-corrected chi connectivity index (χ3v) is 3.64. The highest BCUT2D eigenvalue weighted by Gasteiger charge is 2.13. The van der Waals surface area contributed by atoms with Crippen molar-refractivity contribution in [2.45, 2.75) is 26.4 Å². The number of hydrogen-bond acceptors (Lipinski definition) is 4. The molecule has 124 valence electrons. The van der Waals surface area contributed by atoms with Crippen molar-refractivity contribution in [3.8, 4) is 5.75 Å². The lowest BCUT2D eigenvalue weighted by atomic mass is 10.1. The van der Waals surface area contributed by atoms with Crippen LogP contribution in [0.3, 0.4) is 0 Å². The summed E-state index contributed by atoms with van der Waals surface area (Å²) in [6, 6.07) is 9.67. The molecular formula is C17H23N3O3. The van der Waals surface area contributed by atoms with Gasteiger partial charge in [0.25, 0.3) is 5.91 Å². The number of ether oxygens (including phenoxy) is 1. The first-order valence-corrected chi connectivity index (χ1v) is 7.59. The van der Waals surface area contributed by atoms with E-state index in [1.807, 2.05) is 51.2 Å². The fourth-order valence-corrected chi connectivity index (χ4v) is 2.34. The van der Waals surface area contributed by atoms with E-state index in [0.717, 1.165) is 17.0 Å². The maximum absolute atomic E-state index is 11.8. The molecule has 0 aliphatic rings. The van der Waals surface area contributed by atoms with Crippen LogP contribution >= 0.6 is 0 Å². The standard InChI is InChI=1S/C17H23N3O3/c1-12-17(13(2)20(3)19-12)23-11-16(22)18-10-15(21)9-14-7-5-4-6-8-14/h4-8,15,21H,9-11H2,1-3H3,(H,18,22)/t15-/m1/s1. The van der Waals surface area contributed by atoms with E-state index in [4.69, 9.17) is 4.74 Å². The lowest BCUT2D eigenvalue weighted by Gasteiger charge is -2.12. The van der Waals surface area contributed by atoms with E-state index < -0.39 is 6.10 Å². The molecule has 0 saturated heterocycles. The van der Waals surface area contributed by atoms with Crippen LogP contribution < -0.4 is 10.1 Å². The minimum Gasteiger partial charge on any atom is -0.480 e. The minimum atomic E-state index is -0.622. The van der Waals surface area contributed by atoms with E-state index in [1.165, 1.54) is 0 Å². The summed E-state index contributed by atoms with van der Waals surface area (Å²) in [6.45, 7) is 3.83. The minimum absolute atomic E-state index is 0.0918. The second kappa shape index (κ2) is 7.78. The van der Waals surface area contributed by atoms with Crippen LogP contribution in [0.2, 0.25) is 0 Å². The quantitative estimate of drug-likeness (QED) is 0.803. The Morgan fingerprint density at radius 2 is 2.04 bits per heavy atom. The van der Waals surface area contributed by atoms with Crippen molar-refractivity contribution >= 4 is 5.91 Å². The van der Waals surface area contributed by atoms with Gasteiger partial charge >= 0.3 is 0 Å².